The fourth-order valence-electron chi connectivity index (χ4n) is 0.692. The molecule has 0 bridgehead atoms. The molecule has 0 saturated heterocycles. The standard InChI is InChI=1S/C8H12Cl4F2NO2P/c1-5(7(9)10)16-18(13,14,15(3)4)17-6(2)8(11)12/h1-4H3. The van der Waals surface area contributed by atoms with Crippen LogP contribution in [0.1, 0.15) is 13.8 Å². The summed E-state index contributed by atoms with van der Waals surface area (Å²) in [6.45, 7) is 2.37. The van der Waals surface area contributed by atoms with Crippen LogP contribution in [0.2, 0.25) is 0 Å². The van der Waals surface area contributed by atoms with Gasteiger partial charge >= 0.3 is 125 Å². The fourth-order valence-corrected chi connectivity index (χ4v) is 2.49. The average Bonchev–Trinajstić information content (AvgIpc) is 2.15. The average molecular weight is 365 g/mol. The van der Waals surface area contributed by atoms with E-state index in [9.17, 15) is 8.39 Å². The van der Waals surface area contributed by atoms with Crippen molar-refractivity contribution in [2.45, 2.75) is 13.8 Å². The van der Waals surface area contributed by atoms with E-state index in [-0.39, 0.29) is 11.5 Å². The van der Waals surface area contributed by atoms with Crippen LogP contribution in [-0.4, -0.2) is 18.8 Å². The molecule has 0 aromatic heterocycles. The first-order chi connectivity index (χ1) is 7.89. The number of rotatable bonds is 5. The Bertz CT molecular complexity index is 363. The molecule has 10 heteroatoms. The van der Waals surface area contributed by atoms with Gasteiger partial charge in [-0.25, -0.2) is 0 Å². The Labute approximate surface area is 125 Å². The van der Waals surface area contributed by atoms with Crippen molar-refractivity contribution >= 4 is 54.2 Å². The number of nitrogens with zero attached hydrogens (tertiary/aromatic N) is 1. The Kier molecular flexibility index (Phi) is 6.46. The molecule has 18 heavy (non-hydrogen) atoms. The predicted octanol–water partition coefficient (Wildman–Crippen LogP) is 5.98. The van der Waals surface area contributed by atoms with E-state index in [4.69, 9.17) is 46.4 Å². The monoisotopic (exact) mass is 363 g/mol. The van der Waals surface area contributed by atoms with Crippen LogP contribution in [0.3, 0.4) is 0 Å². The molecule has 108 valence electrons. The van der Waals surface area contributed by atoms with Crippen molar-refractivity contribution in [3.05, 3.63) is 20.5 Å². The van der Waals surface area contributed by atoms with Gasteiger partial charge in [0.05, 0.1) is 0 Å². The molecule has 0 aliphatic heterocycles. The SMILES string of the molecule is CC(OP(F)(F)(OC(C)=C(Cl)Cl)N(C)C)=C(Cl)Cl. The Hall–Kier alpha value is 0.490. The molecule has 0 aliphatic rings. The van der Waals surface area contributed by atoms with Gasteiger partial charge < -0.3 is 0 Å². The molecular formula is C8H12Cl4F2NO2P. The number of hydrogen-bond donors (Lipinski definition) is 0. The summed E-state index contributed by atoms with van der Waals surface area (Å²) in [6.07, 6.45) is 0. The minimum absolute atomic E-state index is 0.367. The zero-order chi connectivity index (χ0) is 14.7. The molecule has 0 N–H and O–H groups in total. The first-order valence-electron chi connectivity index (χ1n) is 4.46. The van der Waals surface area contributed by atoms with E-state index in [0.717, 1.165) is 14.1 Å². The van der Waals surface area contributed by atoms with Gasteiger partial charge in [-0.15, -0.1) is 0 Å². The van der Waals surface area contributed by atoms with Crippen LogP contribution >= 0.6 is 54.2 Å². The van der Waals surface area contributed by atoms with E-state index in [0.29, 0.717) is 4.67 Å². The van der Waals surface area contributed by atoms with Gasteiger partial charge in [-0.05, 0) is 0 Å². The van der Waals surface area contributed by atoms with Crippen molar-refractivity contribution in [3.63, 3.8) is 0 Å². The van der Waals surface area contributed by atoms with E-state index in [1.54, 1.807) is 0 Å². The summed E-state index contributed by atoms with van der Waals surface area (Å²) >= 11 is 21.5. The van der Waals surface area contributed by atoms with Crippen LogP contribution in [0.4, 0.5) is 8.39 Å². The summed E-state index contributed by atoms with van der Waals surface area (Å²) in [5.74, 6) is -0.735. The minimum atomic E-state index is -6.18. The van der Waals surface area contributed by atoms with Crippen LogP contribution in [0, 0.1) is 0 Å². The Balaban J connectivity index is 5.50. The van der Waals surface area contributed by atoms with Crippen molar-refractivity contribution in [2.24, 2.45) is 0 Å². The van der Waals surface area contributed by atoms with Crippen LogP contribution < -0.4 is 0 Å². The summed E-state index contributed by atoms with van der Waals surface area (Å²) in [7, 11) is -4.01. The second kappa shape index (κ2) is 6.29. The van der Waals surface area contributed by atoms with Crippen molar-refractivity contribution in [1.29, 1.82) is 0 Å². The van der Waals surface area contributed by atoms with Crippen LogP contribution in [-0.2, 0) is 9.05 Å². The third-order valence-electron chi connectivity index (χ3n) is 1.73. The van der Waals surface area contributed by atoms with E-state index < -0.39 is 16.8 Å². The number of allylic oxidation sites excluding steroid dienone is 2. The van der Waals surface area contributed by atoms with Crippen molar-refractivity contribution in [1.82, 2.24) is 4.67 Å². The van der Waals surface area contributed by atoms with E-state index in [1.165, 1.54) is 13.8 Å². The summed E-state index contributed by atoms with van der Waals surface area (Å²) in [5.41, 5.74) is 0. The fraction of sp³-hybridized carbons (Fsp3) is 0.500. The third kappa shape index (κ3) is 4.87. The van der Waals surface area contributed by atoms with Gasteiger partial charge in [0.2, 0.25) is 0 Å². The van der Waals surface area contributed by atoms with Gasteiger partial charge in [-0.1, -0.05) is 0 Å². The van der Waals surface area contributed by atoms with E-state index >= 15 is 0 Å². The topological polar surface area (TPSA) is 21.7 Å². The summed E-state index contributed by atoms with van der Waals surface area (Å²) in [4.78, 5) is 0. The molecule has 0 saturated carbocycles. The molecule has 0 aromatic carbocycles. The van der Waals surface area contributed by atoms with E-state index in [2.05, 4.69) is 9.05 Å². The van der Waals surface area contributed by atoms with Crippen molar-refractivity contribution < 1.29 is 17.4 Å². The molecule has 0 heterocycles. The zero-order valence-corrected chi connectivity index (χ0v) is 13.9. The quantitative estimate of drug-likeness (QED) is 0.442. The molecule has 0 amide bonds. The van der Waals surface area contributed by atoms with Gasteiger partial charge in [0.1, 0.15) is 0 Å². The number of hydrogen-bond acceptors (Lipinski definition) is 3. The van der Waals surface area contributed by atoms with Crippen LogP contribution in [0.25, 0.3) is 0 Å². The maximum absolute atomic E-state index is 14.5. The summed E-state index contributed by atoms with van der Waals surface area (Å²) in [6, 6.07) is 0. The predicted molar refractivity (Wildman–Crippen MR) is 73.8 cm³/mol. The second-order valence-electron chi connectivity index (χ2n) is 3.39. The van der Waals surface area contributed by atoms with E-state index in [1.807, 2.05) is 0 Å². The van der Waals surface area contributed by atoms with Crippen LogP contribution in [0.5, 0.6) is 0 Å². The second-order valence-corrected chi connectivity index (χ2v) is 7.91. The molecule has 0 rings (SSSR count). The van der Waals surface area contributed by atoms with Crippen LogP contribution in [0.15, 0.2) is 20.5 Å². The normalized spacial score (nSPS) is 13.6. The van der Waals surface area contributed by atoms with Gasteiger partial charge in [0.15, 0.2) is 0 Å². The molecule has 0 radical (unpaired) electrons. The van der Waals surface area contributed by atoms with Crippen molar-refractivity contribution in [2.75, 3.05) is 14.1 Å². The maximum atomic E-state index is 14.5. The molecule has 0 aromatic rings. The Morgan fingerprint density at radius 1 is 0.889 bits per heavy atom. The molecule has 0 atom stereocenters. The van der Waals surface area contributed by atoms with Gasteiger partial charge in [0.25, 0.3) is 0 Å². The Morgan fingerprint density at radius 2 is 1.17 bits per heavy atom. The zero-order valence-electron chi connectivity index (χ0n) is 9.98. The first kappa shape index (κ1) is 18.5. The molecule has 0 aliphatic carbocycles. The molecular weight excluding hydrogens is 353 g/mol. The molecule has 0 fully saturated rings. The molecule has 0 spiro atoms. The van der Waals surface area contributed by atoms with Gasteiger partial charge in [0, 0.05) is 0 Å². The third-order valence-corrected chi connectivity index (χ3v) is 5.19. The molecule has 3 nitrogen and oxygen atoms in total. The Morgan fingerprint density at radius 3 is 1.33 bits per heavy atom. The summed E-state index contributed by atoms with van der Waals surface area (Å²) in [5, 5.41) is 0. The van der Waals surface area contributed by atoms with Crippen molar-refractivity contribution in [3.8, 4) is 0 Å². The van der Waals surface area contributed by atoms with Gasteiger partial charge in [-0.2, -0.15) is 0 Å². The molecule has 0 unspecified atom stereocenters. The summed E-state index contributed by atoms with van der Waals surface area (Å²) < 4.78 is 37.7. The first-order valence-corrected chi connectivity index (χ1v) is 7.78. The number of halogens is 6. The van der Waals surface area contributed by atoms with Gasteiger partial charge in [-0.3, -0.25) is 0 Å².